The smallest absolute Gasteiger partial charge is 0.228 e. The first-order valence-corrected chi connectivity index (χ1v) is 8.70. The highest BCUT2D eigenvalue weighted by Gasteiger charge is 2.28. The SMILES string of the molecule is O=C(Nc1cccc2cccnc12)C1CCN(Cc2ccccc2)C1. The number of carbonyl (C=O) groups excluding carboxylic acids is 1. The molecular weight excluding hydrogens is 310 g/mol. The molecular formula is C21H21N3O. The fourth-order valence-corrected chi connectivity index (χ4v) is 3.47. The standard InChI is InChI=1S/C21H21N3O/c25-21(23-19-10-4-8-17-9-5-12-22-20(17)19)18-11-13-24(15-18)14-16-6-2-1-3-7-16/h1-10,12,18H,11,13-15H2,(H,23,25). The van der Waals surface area contributed by atoms with Crippen molar-refractivity contribution in [3.8, 4) is 0 Å². The van der Waals surface area contributed by atoms with Crippen molar-refractivity contribution >= 4 is 22.5 Å². The number of para-hydroxylation sites is 1. The molecule has 4 nitrogen and oxygen atoms in total. The Labute approximate surface area is 147 Å². The number of fused-ring (bicyclic) bond motifs is 1. The minimum absolute atomic E-state index is 0.0303. The maximum absolute atomic E-state index is 12.7. The van der Waals surface area contributed by atoms with Crippen LogP contribution in [0.4, 0.5) is 5.69 Å². The fraction of sp³-hybridized carbons (Fsp3) is 0.238. The van der Waals surface area contributed by atoms with E-state index < -0.39 is 0 Å². The Bertz CT molecular complexity index is 873. The molecule has 1 atom stereocenters. The van der Waals surface area contributed by atoms with Gasteiger partial charge in [-0.1, -0.05) is 48.5 Å². The van der Waals surface area contributed by atoms with Gasteiger partial charge in [0.05, 0.1) is 17.1 Å². The number of likely N-dealkylation sites (tertiary alicyclic amines) is 1. The summed E-state index contributed by atoms with van der Waals surface area (Å²) < 4.78 is 0. The Morgan fingerprint density at radius 3 is 2.80 bits per heavy atom. The molecule has 2 heterocycles. The number of anilines is 1. The van der Waals surface area contributed by atoms with Gasteiger partial charge in [0.15, 0.2) is 0 Å². The van der Waals surface area contributed by atoms with Gasteiger partial charge in [-0.25, -0.2) is 0 Å². The van der Waals surface area contributed by atoms with Gasteiger partial charge < -0.3 is 5.32 Å². The molecule has 0 bridgehead atoms. The van der Waals surface area contributed by atoms with Crippen LogP contribution in [0, 0.1) is 5.92 Å². The van der Waals surface area contributed by atoms with E-state index >= 15 is 0 Å². The van der Waals surface area contributed by atoms with Crippen molar-refractivity contribution in [1.82, 2.24) is 9.88 Å². The van der Waals surface area contributed by atoms with Gasteiger partial charge in [0.2, 0.25) is 5.91 Å². The van der Waals surface area contributed by atoms with Crippen molar-refractivity contribution in [2.75, 3.05) is 18.4 Å². The quantitative estimate of drug-likeness (QED) is 0.793. The third kappa shape index (κ3) is 3.54. The molecule has 0 radical (unpaired) electrons. The van der Waals surface area contributed by atoms with Crippen LogP contribution in [0.5, 0.6) is 0 Å². The highest BCUT2D eigenvalue weighted by Crippen LogP contribution is 2.24. The molecule has 3 aromatic rings. The molecule has 2 aromatic carbocycles. The number of carbonyl (C=O) groups is 1. The van der Waals surface area contributed by atoms with E-state index in [2.05, 4.69) is 39.5 Å². The molecule has 0 aliphatic carbocycles. The van der Waals surface area contributed by atoms with Gasteiger partial charge in [0.1, 0.15) is 0 Å². The average molecular weight is 331 g/mol. The van der Waals surface area contributed by atoms with Crippen LogP contribution in [0.15, 0.2) is 66.9 Å². The number of nitrogens with one attached hydrogen (secondary N) is 1. The normalized spacial score (nSPS) is 17.7. The molecule has 0 saturated carbocycles. The maximum Gasteiger partial charge on any atom is 0.228 e. The van der Waals surface area contributed by atoms with Crippen molar-refractivity contribution in [2.45, 2.75) is 13.0 Å². The van der Waals surface area contributed by atoms with Crippen molar-refractivity contribution < 1.29 is 4.79 Å². The zero-order valence-electron chi connectivity index (χ0n) is 14.1. The van der Waals surface area contributed by atoms with Gasteiger partial charge in [0.25, 0.3) is 0 Å². The summed E-state index contributed by atoms with van der Waals surface area (Å²) in [5, 5.41) is 4.12. The number of aromatic nitrogens is 1. The van der Waals surface area contributed by atoms with Gasteiger partial charge >= 0.3 is 0 Å². The van der Waals surface area contributed by atoms with E-state index in [1.807, 2.05) is 36.4 Å². The highest BCUT2D eigenvalue weighted by atomic mass is 16.1. The van der Waals surface area contributed by atoms with Crippen molar-refractivity contribution in [1.29, 1.82) is 0 Å². The molecule has 1 fully saturated rings. The van der Waals surface area contributed by atoms with Gasteiger partial charge in [-0.05, 0) is 30.7 Å². The van der Waals surface area contributed by atoms with Crippen LogP contribution >= 0.6 is 0 Å². The number of benzene rings is 2. The van der Waals surface area contributed by atoms with Crippen LogP contribution < -0.4 is 5.32 Å². The second kappa shape index (κ2) is 7.03. The zero-order chi connectivity index (χ0) is 17.1. The molecule has 1 aliphatic rings. The first kappa shape index (κ1) is 15.8. The van der Waals surface area contributed by atoms with E-state index in [-0.39, 0.29) is 11.8 Å². The fourth-order valence-electron chi connectivity index (χ4n) is 3.47. The van der Waals surface area contributed by atoms with E-state index in [0.717, 1.165) is 42.6 Å². The number of nitrogens with zero attached hydrogens (tertiary/aromatic N) is 2. The van der Waals surface area contributed by atoms with E-state index in [1.54, 1.807) is 6.20 Å². The molecule has 25 heavy (non-hydrogen) atoms. The van der Waals surface area contributed by atoms with E-state index in [0.29, 0.717) is 0 Å². The Morgan fingerprint density at radius 1 is 1.08 bits per heavy atom. The van der Waals surface area contributed by atoms with E-state index in [1.165, 1.54) is 5.56 Å². The lowest BCUT2D eigenvalue weighted by molar-refractivity contribution is -0.119. The third-order valence-electron chi connectivity index (χ3n) is 4.78. The van der Waals surface area contributed by atoms with Crippen LogP contribution in [-0.4, -0.2) is 28.9 Å². The summed E-state index contributed by atoms with van der Waals surface area (Å²) in [7, 11) is 0. The molecule has 126 valence electrons. The largest absolute Gasteiger partial charge is 0.324 e. The summed E-state index contributed by atoms with van der Waals surface area (Å²) in [6.45, 7) is 2.67. The first-order valence-electron chi connectivity index (χ1n) is 8.70. The molecule has 4 rings (SSSR count). The average Bonchev–Trinajstić information content (AvgIpc) is 3.11. The number of amides is 1. The van der Waals surface area contributed by atoms with Crippen LogP contribution in [0.2, 0.25) is 0 Å². The van der Waals surface area contributed by atoms with Crippen LogP contribution in [-0.2, 0) is 11.3 Å². The lowest BCUT2D eigenvalue weighted by Gasteiger charge is -2.16. The predicted octanol–water partition coefficient (Wildman–Crippen LogP) is 3.70. The summed E-state index contributed by atoms with van der Waals surface area (Å²) in [4.78, 5) is 19.4. The Morgan fingerprint density at radius 2 is 1.92 bits per heavy atom. The summed E-state index contributed by atoms with van der Waals surface area (Å²) in [5.41, 5.74) is 2.93. The number of hydrogen-bond donors (Lipinski definition) is 1. The Kier molecular flexibility index (Phi) is 4.44. The van der Waals surface area contributed by atoms with Gasteiger partial charge in [-0.3, -0.25) is 14.7 Å². The minimum atomic E-state index is 0.0303. The van der Waals surface area contributed by atoms with Gasteiger partial charge in [0, 0.05) is 24.7 Å². The van der Waals surface area contributed by atoms with Crippen molar-refractivity contribution in [3.63, 3.8) is 0 Å². The van der Waals surface area contributed by atoms with Crippen LogP contribution in [0.25, 0.3) is 10.9 Å². The molecule has 1 aliphatic heterocycles. The summed E-state index contributed by atoms with van der Waals surface area (Å²) in [6.07, 6.45) is 2.66. The van der Waals surface area contributed by atoms with Crippen molar-refractivity contribution in [2.24, 2.45) is 5.92 Å². The number of pyridine rings is 1. The van der Waals surface area contributed by atoms with E-state index in [4.69, 9.17) is 0 Å². The second-order valence-corrected chi connectivity index (χ2v) is 6.58. The number of hydrogen-bond acceptors (Lipinski definition) is 3. The molecule has 1 saturated heterocycles. The molecule has 4 heteroatoms. The summed E-state index contributed by atoms with van der Waals surface area (Å²) in [6, 6.07) is 20.2. The molecule has 1 amide bonds. The topological polar surface area (TPSA) is 45.2 Å². The van der Waals surface area contributed by atoms with Crippen molar-refractivity contribution in [3.05, 3.63) is 72.4 Å². The summed E-state index contributed by atoms with van der Waals surface area (Å²) >= 11 is 0. The lowest BCUT2D eigenvalue weighted by Crippen LogP contribution is -2.27. The monoisotopic (exact) mass is 331 g/mol. The first-order chi connectivity index (χ1) is 12.3. The van der Waals surface area contributed by atoms with Gasteiger partial charge in [-0.15, -0.1) is 0 Å². The molecule has 0 spiro atoms. The Balaban J connectivity index is 1.42. The third-order valence-corrected chi connectivity index (χ3v) is 4.78. The highest BCUT2D eigenvalue weighted by molar-refractivity contribution is 6.01. The number of rotatable bonds is 4. The van der Waals surface area contributed by atoms with Gasteiger partial charge in [-0.2, -0.15) is 0 Å². The second-order valence-electron chi connectivity index (χ2n) is 6.58. The Hall–Kier alpha value is -2.72. The predicted molar refractivity (Wildman–Crippen MR) is 100 cm³/mol. The molecule has 1 unspecified atom stereocenters. The lowest BCUT2D eigenvalue weighted by atomic mass is 10.1. The molecule has 1 aromatic heterocycles. The minimum Gasteiger partial charge on any atom is -0.324 e. The summed E-state index contributed by atoms with van der Waals surface area (Å²) in [5.74, 6) is 0.122. The van der Waals surface area contributed by atoms with Crippen LogP contribution in [0.3, 0.4) is 0 Å². The van der Waals surface area contributed by atoms with E-state index in [9.17, 15) is 4.79 Å². The maximum atomic E-state index is 12.7. The zero-order valence-corrected chi connectivity index (χ0v) is 14.1. The molecule has 1 N–H and O–H groups in total. The van der Waals surface area contributed by atoms with Crippen LogP contribution in [0.1, 0.15) is 12.0 Å².